The first kappa shape index (κ1) is 12.8. The van der Waals surface area contributed by atoms with Crippen LogP contribution < -0.4 is 5.73 Å². The molecule has 0 spiro atoms. The highest BCUT2D eigenvalue weighted by Crippen LogP contribution is 2.38. The smallest absolute Gasteiger partial charge is 0.124 e. The van der Waals surface area contributed by atoms with Crippen molar-refractivity contribution in [2.45, 2.75) is 38.5 Å². The second kappa shape index (κ2) is 5.39. The maximum atomic E-state index is 5.88. The average Bonchev–Trinajstić information content (AvgIpc) is 2.90. The lowest BCUT2D eigenvalue weighted by molar-refractivity contribution is 0.554. The molecule has 1 aliphatic rings. The highest BCUT2D eigenvalue weighted by Gasteiger charge is 2.24. The van der Waals surface area contributed by atoms with Crippen molar-refractivity contribution in [3.8, 4) is 10.6 Å². The van der Waals surface area contributed by atoms with E-state index in [9.17, 15) is 0 Å². The summed E-state index contributed by atoms with van der Waals surface area (Å²) in [5.41, 5.74) is 9.65. The second-order valence-electron chi connectivity index (χ2n) is 5.04. The number of fused-ring (bicyclic) bond motifs is 1. The number of thiazole rings is 1. The van der Waals surface area contributed by atoms with Crippen molar-refractivity contribution in [2.24, 2.45) is 5.73 Å². The third-order valence-electron chi connectivity index (χ3n) is 3.87. The number of rotatable bonds is 3. The molecule has 19 heavy (non-hydrogen) atoms. The molecule has 3 nitrogen and oxygen atoms in total. The van der Waals surface area contributed by atoms with Crippen LogP contribution in [0.3, 0.4) is 0 Å². The van der Waals surface area contributed by atoms with Gasteiger partial charge in [0.2, 0.25) is 0 Å². The zero-order valence-electron chi connectivity index (χ0n) is 11.2. The van der Waals surface area contributed by atoms with Crippen LogP contribution in [0.15, 0.2) is 18.5 Å². The van der Waals surface area contributed by atoms with Crippen molar-refractivity contribution < 1.29 is 0 Å². The first-order chi connectivity index (χ1) is 9.33. The molecule has 0 saturated carbocycles. The Bertz CT molecular complexity index is 577. The number of pyridine rings is 1. The van der Waals surface area contributed by atoms with E-state index in [1.165, 1.54) is 34.5 Å². The average molecular weight is 273 g/mol. The molecular weight excluding hydrogens is 254 g/mol. The fourth-order valence-corrected chi connectivity index (χ4v) is 4.02. The van der Waals surface area contributed by atoms with Gasteiger partial charge in [-0.05, 0) is 37.3 Å². The van der Waals surface area contributed by atoms with Crippen molar-refractivity contribution in [1.29, 1.82) is 0 Å². The predicted molar refractivity (Wildman–Crippen MR) is 79.5 cm³/mol. The summed E-state index contributed by atoms with van der Waals surface area (Å²) in [5.74, 6) is 0.459. The van der Waals surface area contributed by atoms with Gasteiger partial charge >= 0.3 is 0 Å². The molecule has 0 fully saturated rings. The lowest BCUT2D eigenvalue weighted by atomic mass is 9.91. The van der Waals surface area contributed by atoms with Crippen LogP contribution in [-0.4, -0.2) is 16.5 Å². The second-order valence-corrected chi connectivity index (χ2v) is 6.12. The van der Waals surface area contributed by atoms with Crippen LogP contribution in [0.25, 0.3) is 10.6 Å². The van der Waals surface area contributed by atoms with E-state index in [1.807, 2.05) is 23.7 Å². The highest BCUT2D eigenvalue weighted by atomic mass is 32.1. The van der Waals surface area contributed by atoms with Crippen LogP contribution >= 0.6 is 11.3 Å². The summed E-state index contributed by atoms with van der Waals surface area (Å²) in [6.45, 7) is 2.88. The van der Waals surface area contributed by atoms with Crippen molar-refractivity contribution in [3.63, 3.8) is 0 Å². The van der Waals surface area contributed by atoms with Gasteiger partial charge in [0, 0.05) is 35.3 Å². The highest BCUT2D eigenvalue weighted by molar-refractivity contribution is 7.15. The van der Waals surface area contributed by atoms with E-state index in [0.29, 0.717) is 12.5 Å². The van der Waals surface area contributed by atoms with Crippen LogP contribution in [0, 0.1) is 0 Å². The Morgan fingerprint density at radius 1 is 1.47 bits per heavy atom. The minimum absolute atomic E-state index is 0.459. The van der Waals surface area contributed by atoms with E-state index in [-0.39, 0.29) is 0 Å². The summed E-state index contributed by atoms with van der Waals surface area (Å²) in [4.78, 5) is 10.5. The standard InChI is InChI=1S/C15H19N3S/c1-2-10-9-17-7-6-12(10)15-18-14-11(8-16)4-3-5-13(14)19-15/h6-7,9,11H,2-5,8,16H2,1H3. The number of hydrogen-bond donors (Lipinski definition) is 1. The SMILES string of the molecule is CCc1cnccc1-c1nc2c(s1)CCCC2CN. The minimum atomic E-state index is 0.459. The van der Waals surface area contributed by atoms with Crippen LogP contribution in [0.1, 0.15) is 41.8 Å². The van der Waals surface area contributed by atoms with E-state index >= 15 is 0 Å². The topological polar surface area (TPSA) is 51.8 Å². The largest absolute Gasteiger partial charge is 0.330 e. The monoisotopic (exact) mass is 273 g/mol. The Morgan fingerprint density at radius 2 is 2.37 bits per heavy atom. The quantitative estimate of drug-likeness (QED) is 0.934. The van der Waals surface area contributed by atoms with Gasteiger partial charge in [0.15, 0.2) is 0 Å². The molecule has 1 unspecified atom stereocenters. The molecule has 100 valence electrons. The van der Waals surface area contributed by atoms with E-state index in [1.54, 1.807) is 0 Å². The molecule has 1 aliphatic carbocycles. The Morgan fingerprint density at radius 3 is 3.16 bits per heavy atom. The number of nitrogens with two attached hydrogens (primary N) is 1. The van der Waals surface area contributed by atoms with Gasteiger partial charge in [-0.1, -0.05) is 6.92 Å². The maximum absolute atomic E-state index is 5.88. The van der Waals surface area contributed by atoms with Crippen molar-refractivity contribution in [3.05, 3.63) is 34.6 Å². The molecule has 0 aliphatic heterocycles. The number of hydrogen-bond acceptors (Lipinski definition) is 4. The van der Waals surface area contributed by atoms with Crippen LogP contribution in [-0.2, 0) is 12.8 Å². The van der Waals surface area contributed by atoms with Crippen LogP contribution in [0.5, 0.6) is 0 Å². The van der Waals surface area contributed by atoms with Crippen LogP contribution in [0.4, 0.5) is 0 Å². The summed E-state index contributed by atoms with van der Waals surface area (Å²) < 4.78 is 0. The Hall–Kier alpha value is -1.26. The Balaban J connectivity index is 2.05. The lowest BCUT2D eigenvalue weighted by Gasteiger charge is -2.18. The number of nitrogens with zero attached hydrogens (tertiary/aromatic N) is 2. The molecule has 3 rings (SSSR count). The van der Waals surface area contributed by atoms with Gasteiger partial charge < -0.3 is 5.73 Å². The van der Waals surface area contributed by atoms with Gasteiger partial charge in [-0.15, -0.1) is 11.3 Å². The molecule has 0 bridgehead atoms. The number of aryl methyl sites for hydroxylation is 2. The molecule has 0 aromatic carbocycles. The van der Waals surface area contributed by atoms with Gasteiger partial charge in [-0.2, -0.15) is 0 Å². The first-order valence-electron chi connectivity index (χ1n) is 6.96. The molecular formula is C15H19N3S. The molecule has 2 aromatic heterocycles. The van der Waals surface area contributed by atoms with Gasteiger partial charge in [-0.25, -0.2) is 4.98 Å². The van der Waals surface area contributed by atoms with Gasteiger partial charge in [-0.3, -0.25) is 4.98 Å². The summed E-state index contributed by atoms with van der Waals surface area (Å²) in [6, 6.07) is 2.08. The van der Waals surface area contributed by atoms with Gasteiger partial charge in [0.05, 0.1) is 5.69 Å². The summed E-state index contributed by atoms with van der Waals surface area (Å²) >= 11 is 1.84. The predicted octanol–water partition coefficient (Wildman–Crippen LogP) is 3.15. The zero-order valence-corrected chi connectivity index (χ0v) is 12.0. The fraction of sp³-hybridized carbons (Fsp3) is 0.467. The molecule has 2 heterocycles. The van der Waals surface area contributed by atoms with E-state index in [4.69, 9.17) is 10.7 Å². The lowest BCUT2D eigenvalue weighted by Crippen LogP contribution is -2.17. The molecule has 0 amide bonds. The van der Waals surface area contributed by atoms with Crippen LogP contribution in [0.2, 0.25) is 0 Å². The zero-order chi connectivity index (χ0) is 13.2. The van der Waals surface area contributed by atoms with E-state index < -0.39 is 0 Å². The molecule has 0 radical (unpaired) electrons. The van der Waals surface area contributed by atoms with Gasteiger partial charge in [0.25, 0.3) is 0 Å². The van der Waals surface area contributed by atoms with Gasteiger partial charge in [0.1, 0.15) is 5.01 Å². The molecule has 4 heteroatoms. The summed E-state index contributed by atoms with van der Waals surface area (Å²) in [7, 11) is 0. The Kier molecular flexibility index (Phi) is 3.62. The maximum Gasteiger partial charge on any atom is 0.124 e. The molecule has 0 saturated heterocycles. The normalized spacial score (nSPS) is 18.3. The summed E-state index contributed by atoms with van der Waals surface area (Å²) in [6.07, 6.45) is 8.40. The first-order valence-corrected chi connectivity index (χ1v) is 7.78. The van der Waals surface area contributed by atoms with Crippen molar-refractivity contribution in [2.75, 3.05) is 6.54 Å². The Labute approximate surface area is 117 Å². The minimum Gasteiger partial charge on any atom is -0.330 e. The molecule has 2 N–H and O–H groups in total. The fourth-order valence-electron chi connectivity index (χ4n) is 2.77. The third kappa shape index (κ3) is 2.30. The van der Waals surface area contributed by atoms with Crippen molar-refractivity contribution in [1.82, 2.24) is 9.97 Å². The molecule has 1 atom stereocenters. The summed E-state index contributed by atoms with van der Waals surface area (Å²) in [5, 5.41) is 1.14. The van der Waals surface area contributed by atoms with E-state index in [0.717, 1.165) is 17.8 Å². The van der Waals surface area contributed by atoms with Crippen molar-refractivity contribution >= 4 is 11.3 Å². The van der Waals surface area contributed by atoms with E-state index in [2.05, 4.69) is 18.0 Å². The number of aromatic nitrogens is 2. The molecule has 2 aromatic rings. The third-order valence-corrected chi connectivity index (χ3v) is 5.03.